The van der Waals surface area contributed by atoms with Crippen LogP contribution < -0.4 is 4.74 Å². The Labute approximate surface area is 115 Å². The second kappa shape index (κ2) is 4.59. The summed E-state index contributed by atoms with van der Waals surface area (Å²) in [5.41, 5.74) is 2.78. The fourth-order valence-electron chi connectivity index (χ4n) is 2.12. The van der Waals surface area contributed by atoms with E-state index in [4.69, 9.17) is 4.74 Å². The van der Waals surface area contributed by atoms with Crippen molar-refractivity contribution in [3.63, 3.8) is 0 Å². The van der Waals surface area contributed by atoms with E-state index in [2.05, 4.69) is 10.3 Å². The minimum atomic E-state index is -0.233. The molecule has 0 amide bonds. The minimum Gasteiger partial charge on any atom is -0.457 e. The number of ether oxygens (including phenoxy) is 1. The standard InChI is InChI=1S/C15H14FN3O/c1-9-4-7-14(10(2)15(9)16)20-11-5-6-13-12(8-11)17-18-19(13)3/h4-8H,1-3H3. The fourth-order valence-corrected chi connectivity index (χ4v) is 2.12. The van der Waals surface area contributed by atoms with Gasteiger partial charge < -0.3 is 4.74 Å². The van der Waals surface area contributed by atoms with Gasteiger partial charge in [0.25, 0.3) is 0 Å². The van der Waals surface area contributed by atoms with Crippen LogP contribution >= 0.6 is 0 Å². The van der Waals surface area contributed by atoms with Crippen LogP contribution in [0.1, 0.15) is 11.1 Å². The van der Waals surface area contributed by atoms with E-state index < -0.39 is 0 Å². The summed E-state index contributed by atoms with van der Waals surface area (Å²) in [5, 5.41) is 7.97. The molecule has 0 atom stereocenters. The summed E-state index contributed by atoms with van der Waals surface area (Å²) < 4.78 is 21.3. The molecule has 0 spiro atoms. The molecule has 20 heavy (non-hydrogen) atoms. The summed E-state index contributed by atoms with van der Waals surface area (Å²) in [6.45, 7) is 3.44. The first-order valence-electron chi connectivity index (χ1n) is 6.29. The maximum atomic E-state index is 13.8. The minimum absolute atomic E-state index is 0.233. The molecule has 2 aromatic carbocycles. The molecule has 0 saturated heterocycles. The first kappa shape index (κ1) is 12.6. The van der Waals surface area contributed by atoms with Gasteiger partial charge in [0.15, 0.2) is 0 Å². The monoisotopic (exact) mass is 271 g/mol. The molecule has 0 N–H and O–H groups in total. The molecular weight excluding hydrogens is 257 g/mol. The number of aromatic nitrogens is 3. The molecule has 4 nitrogen and oxygen atoms in total. The molecule has 3 rings (SSSR count). The topological polar surface area (TPSA) is 39.9 Å². The van der Waals surface area contributed by atoms with Crippen LogP contribution in [0.5, 0.6) is 11.5 Å². The normalized spacial score (nSPS) is 11.0. The van der Waals surface area contributed by atoms with Gasteiger partial charge in [-0.3, -0.25) is 0 Å². The number of hydrogen-bond donors (Lipinski definition) is 0. The zero-order chi connectivity index (χ0) is 14.3. The van der Waals surface area contributed by atoms with Gasteiger partial charge >= 0.3 is 0 Å². The molecule has 0 radical (unpaired) electrons. The van der Waals surface area contributed by atoms with Crippen molar-refractivity contribution < 1.29 is 9.13 Å². The van der Waals surface area contributed by atoms with Crippen molar-refractivity contribution >= 4 is 11.0 Å². The van der Waals surface area contributed by atoms with Crippen molar-refractivity contribution in [1.29, 1.82) is 0 Å². The highest BCUT2D eigenvalue weighted by molar-refractivity contribution is 5.76. The molecule has 0 unspecified atom stereocenters. The quantitative estimate of drug-likeness (QED) is 0.716. The van der Waals surface area contributed by atoms with E-state index in [9.17, 15) is 4.39 Å². The van der Waals surface area contributed by atoms with E-state index in [1.165, 1.54) is 0 Å². The number of aryl methyl sites for hydroxylation is 2. The molecule has 0 aliphatic heterocycles. The zero-order valence-corrected chi connectivity index (χ0v) is 11.5. The van der Waals surface area contributed by atoms with Crippen molar-refractivity contribution in [3.05, 3.63) is 47.3 Å². The molecule has 0 aliphatic carbocycles. The Morgan fingerprint density at radius 2 is 1.95 bits per heavy atom. The average molecular weight is 271 g/mol. The Hall–Kier alpha value is -2.43. The van der Waals surface area contributed by atoms with Gasteiger partial charge in [-0.05, 0) is 37.6 Å². The van der Waals surface area contributed by atoms with Gasteiger partial charge in [-0.25, -0.2) is 9.07 Å². The summed E-state index contributed by atoms with van der Waals surface area (Å²) >= 11 is 0. The molecular formula is C15H14FN3O. The number of hydrogen-bond acceptors (Lipinski definition) is 3. The van der Waals surface area contributed by atoms with Crippen LogP contribution in [0.3, 0.4) is 0 Å². The largest absolute Gasteiger partial charge is 0.457 e. The highest BCUT2D eigenvalue weighted by atomic mass is 19.1. The van der Waals surface area contributed by atoms with Crippen molar-refractivity contribution in [2.75, 3.05) is 0 Å². The zero-order valence-electron chi connectivity index (χ0n) is 11.5. The predicted octanol–water partition coefficient (Wildman–Crippen LogP) is 3.52. The second-order valence-electron chi connectivity index (χ2n) is 4.79. The fraction of sp³-hybridized carbons (Fsp3) is 0.200. The molecule has 1 aromatic heterocycles. The van der Waals surface area contributed by atoms with E-state index >= 15 is 0 Å². The van der Waals surface area contributed by atoms with Gasteiger partial charge in [0.1, 0.15) is 22.8 Å². The number of nitrogens with zero attached hydrogens (tertiary/aromatic N) is 3. The highest BCUT2D eigenvalue weighted by Crippen LogP contribution is 2.29. The maximum absolute atomic E-state index is 13.8. The lowest BCUT2D eigenvalue weighted by Gasteiger charge is -2.10. The maximum Gasteiger partial charge on any atom is 0.133 e. The van der Waals surface area contributed by atoms with Crippen LogP contribution in [-0.2, 0) is 7.05 Å². The lowest BCUT2D eigenvalue weighted by Crippen LogP contribution is -1.93. The van der Waals surface area contributed by atoms with Gasteiger partial charge in [0, 0.05) is 18.7 Å². The van der Waals surface area contributed by atoms with Crippen LogP contribution in [0.25, 0.3) is 11.0 Å². The van der Waals surface area contributed by atoms with Crippen molar-refractivity contribution in [2.24, 2.45) is 7.05 Å². The van der Waals surface area contributed by atoms with E-state index in [1.807, 2.05) is 19.2 Å². The van der Waals surface area contributed by atoms with Gasteiger partial charge in [-0.2, -0.15) is 0 Å². The Bertz CT molecular complexity index is 795. The number of fused-ring (bicyclic) bond motifs is 1. The van der Waals surface area contributed by atoms with Gasteiger partial charge in [-0.15, -0.1) is 5.10 Å². The average Bonchev–Trinajstić information content (AvgIpc) is 2.81. The van der Waals surface area contributed by atoms with E-state index in [-0.39, 0.29) is 5.82 Å². The molecule has 0 bridgehead atoms. The molecule has 0 fully saturated rings. The molecule has 102 valence electrons. The van der Waals surface area contributed by atoms with Crippen molar-refractivity contribution in [2.45, 2.75) is 13.8 Å². The molecule has 3 aromatic rings. The molecule has 1 heterocycles. The van der Waals surface area contributed by atoms with Crippen LogP contribution in [0.15, 0.2) is 30.3 Å². The predicted molar refractivity (Wildman–Crippen MR) is 74.5 cm³/mol. The summed E-state index contributed by atoms with van der Waals surface area (Å²) in [7, 11) is 1.83. The lowest BCUT2D eigenvalue weighted by molar-refractivity contribution is 0.471. The SMILES string of the molecule is Cc1ccc(Oc2ccc3c(c2)nnn3C)c(C)c1F. The Morgan fingerprint density at radius 3 is 2.75 bits per heavy atom. The number of halogens is 1. The Morgan fingerprint density at radius 1 is 1.15 bits per heavy atom. The highest BCUT2D eigenvalue weighted by Gasteiger charge is 2.10. The summed E-state index contributed by atoms with van der Waals surface area (Å²) in [4.78, 5) is 0. The van der Waals surface area contributed by atoms with Crippen LogP contribution in [0.2, 0.25) is 0 Å². The van der Waals surface area contributed by atoms with Crippen LogP contribution in [0.4, 0.5) is 4.39 Å². The third kappa shape index (κ3) is 2.01. The summed E-state index contributed by atoms with van der Waals surface area (Å²) in [6, 6.07) is 8.97. The molecule has 0 aliphatic rings. The van der Waals surface area contributed by atoms with E-state index in [0.717, 1.165) is 11.0 Å². The number of benzene rings is 2. The lowest BCUT2D eigenvalue weighted by atomic mass is 10.1. The smallest absolute Gasteiger partial charge is 0.133 e. The van der Waals surface area contributed by atoms with Crippen molar-refractivity contribution in [1.82, 2.24) is 15.0 Å². The second-order valence-corrected chi connectivity index (χ2v) is 4.79. The summed E-state index contributed by atoms with van der Waals surface area (Å²) in [6.07, 6.45) is 0. The van der Waals surface area contributed by atoms with Gasteiger partial charge in [0.05, 0.1) is 5.52 Å². The van der Waals surface area contributed by atoms with Crippen LogP contribution in [-0.4, -0.2) is 15.0 Å². The first-order chi connectivity index (χ1) is 9.56. The molecule has 5 heteroatoms. The third-order valence-corrected chi connectivity index (χ3v) is 3.34. The Balaban J connectivity index is 1.99. The number of rotatable bonds is 2. The van der Waals surface area contributed by atoms with Gasteiger partial charge in [0.2, 0.25) is 0 Å². The van der Waals surface area contributed by atoms with E-state index in [0.29, 0.717) is 22.6 Å². The summed E-state index contributed by atoms with van der Waals surface area (Å²) in [5.74, 6) is 0.892. The van der Waals surface area contributed by atoms with E-state index in [1.54, 1.807) is 36.7 Å². The molecule has 0 saturated carbocycles. The Kier molecular flexibility index (Phi) is 2.89. The third-order valence-electron chi connectivity index (χ3n) is 3.34. The van der Waals surface area contributed by atoms with Crippen LogP contribution in [0, 0.1) is 19.7 Å². The van der Waals surface area contributed by atoms with Gasteiger partial charge in [-0.1, -0.05) is 11.3 Å². The first-order valence-corrected chi connectivity index (χ1v) is 6.29. The van der Waals surface area contributed by atoms with Crippen molar-refractivity contribution in [3.8, 4) is 11.5 Å².